The summed E-state index contributed by atoms with van der Waals surface area (Å²) in [5, 5.41) is 0. The second-order valence-corrected chi connectivity index (χ2v) is 1.55. The van der Waals surface area contributed by atoms with E-state index in [2.05, 4.69) is 24.9 Å². The van der Waals surface area contributed by atoms with Gasteiger partial charge in [0.05, 0.1) is 6.33 Å². The van der Waals surface area contributed by atoms with Gasteiger partial charge in [-0.15, -0.1) is 0 Å². The predicted molar refractivity (Wildman–Crippen MR) is 38.4 cm³/mol. The van der Waals surface area contributed by atoms with Gasteiger partial charge in [-0.1, -0.05) is 0 Å². The third-order valence-electron chi connectivity index (χ3n) is 0.806. The van der Waals surface area contributed by atoms with E-state index < -0.39 is 0 Å². The van der Waals surface area contributed by atoms with Crippen molar-refractivity contribution in [3.05, 3.63) is 37.7 Å². The molecule has 0 aliphatic rings. The number of nitrogens with zero attached hydrogens (tertiary/aromatic N) is 4. The summed E-state index contributed by atoms with van der Waals surface area (Å²) in [4.78, 5) is 17.1. The molecule has 0 aliphatic heterocycles. The van der Waals surface area contributed by atoms with Crippen molar-refractivity contribution in [1.82, 2.24) is 24.9 Å². The molecule has 0 saturated carbocycles. The number of rotatable bonds is 0. The van der Waals surface area contributed by atoms with Crippen LogP contribution in [0.1, 0.15) is 0 Å². The summed E-state index contributed by atoms with van der Waals surface area (Å²) in [6, 6.07) is 0. The fourth-order valence-electron chi connectivity index (χ4n) is 0.420. The van der Waals surface area contributed by atoms with Gasteiger partial charge in [0.15, 0.2) is 0 Å². The Kier molecular flexibility index (Phi) is 3.36. The first-order valence-electron chi connectivity index (χ1n) is 2.98. The molecule has 0 radical (unpaired) electrons. The minimum atomic E-state index is 1.44. The highest BCUT2D eigenvalue weighted by Crippen LogP contribution is 1.62. The Morgan fingerprint density at radius 1 is 0.818 bits per heavy atom. The highest BCUT2D eigenvalue weighted by Gasteiger charge is 1.59. The maximum Gasteiger partial charge on any atom is 0.119 e. The molecule has 0 atom stereocenters. The van der Waals surface area contributed by atoms with E-state index in [4.69, 9.17) is 0 Å². The highest BCUT2D eigenvalue weighted by molar-refractivity contribution is 4.64. The second kappa shape index (κ2) is 5.04. The fourth-order valence-corrected chi connectivity index (χ4v) is 0.420. The van der Waals surface area contributed by atoms with E-state index >= 15 is 0 Å². The van der Waals surface area contributed by atoms with Crippen LogP contribution < -0.4 is 0 Å². The summed E-state index contributed by atoms with van der Waals surface area (Å²) in [6.07, 6.45) is 9.40. The zero-order valence-corrected chi connectivity index (χ0v) is 5.75. The van der Waals surface area contributed by atoms with Crippen molar-refractivity contribution >= 4 is 0 Å². The standard InChI is InChI=1S/C3H3N3.C3H4N2/c1-4-2-6-3-5-1;1-2-5-3-4-1/h1-3H;1-3H,(H,4,5). The molecule has 0 bridgehead atoms. The van der Waals surface area contributed by atoms with Crippen LogP contribution in [-0.2, 0) is 0 Å². The van der Waals surface area contributed by atoms with E-state index in [1.54, 1.807) is 18.7 Å². The van der Waals surface area contributed by atoms with E-state index in [-0.39, 0.29) is 0 Å². The SMILES string of the molecule is c1c[nH]cn1.c1ncncn1. The second-order valence-electron chi connectivity index (χ2n) is 1.55. The van der Waals surface area contributed by atoms with Crippen LogP contribution in [0.15, 0.2) is 37.7 Å². The zero-order chi connectivity index (χ0) is 7.78. The molecule has 0 fully saturated rings. The number of hydrogen-bond acceptors (Lipinski definition) is 4. The lowest BCUT2D eigenvalue weighted by Gasteiger charge is -1.69. The van der Waals surface area contributed by atoms with E-state index in [0.717, 1.165) is 0 Å². The van der Waals surface area contributed by atoms with Gasteiger partial charge >= 0.3 is 0 Å². The van der Waals surface area contributed by atoms with E-state index in [9.17, 15) is 0 Å². The molecule has 2 aromatic heterocycles. The summed E-state index contributed by atoms with van der Waals surface area (Å²) in [5.74, 6) is 0. The molecule has 2 heterocycles. The topological polar surface area (TPSA) is 67.3 Å². The molecule has 0 aliphatic carbocycles. The van der Waals surface area contributed by atoms with Gasteiger partial charge in [-0.2, -0.15) is 0 Å². The first-order chi connectivity index (χ1) is 5.50. The van der Waals surface area contributed by atoms with Crippen LogP contribution >= 0.6 is 0 Å². The van der Waals surface area contributed by atoms with Crippen LogP contribution in [0.5, 0.6) is 0 Å². The average Bonchev–Trinajstić information content (AvgIpc) is 2.64. The molecule has 2 rings (SSSR count). The van der Waals surface area contributed by atoms with Crippen LogP contribution in [0, 0.1) is 0 Å². The summed E-state index contributed by atoms with van der Waals surface area (Å²) >= 11 is 0. The molecule has 0 spiro atoms. The Balaban J connectivity index is 0.000000112. The minimum Gasteiger partial charge on any atom is -0.351 e. The molecule has 2 aromatic rings. The van der Waals surface area contributed by atoms with Crippen molar-refractivity contribution in [3.8, 4) is 0 Å². The summed E-state index contributed by atoms with van der Waals surface area (Å²) in [6.45, 7) is 0. The van der Waals surface area contributed by atoms with E-state index in [1.807, 2.05) is 0 Å². The van der Waals surface area contributed by atoms with Gasteiger partial charge in [-0.25, -0.2) is 19.9 Å². The van der Waals surface area contributed by atoms with Crippen molar-refractivity contribution in [1.29, 1.82) is 0 Å². The van der Waals surface area contributed by atoms with E-state index in [1.165, 1.54) is 19.0 Å². The normalized spacial score (nSPS) is 8.00. The van der Waals surface area contributed by atoms with Gasteiger partial charge in [0.25, 0.3) is 0 Å². The minimum absolute atomic E-state index is 1.44. The molecule has 56 valence electrons. The van der Waals surface area contributed by atoms with Crippen molar-refractivity contribution < 1.29 is 0 Å². The predicted octanol–water partition coefficient (Wildman–Crippen LogP) is 0.281. The fraction of sp³-hybridized carbons (Fsp3) is 0. The zero-order valence-electron chi connectivity index (χ0n) is 5.75. The Morgan fingerprint density at radius 3 is 1.64 bits per heavy atom. The Hall–Kier alpha value is -1.78. The molecule has 11 heavy (non-hydrogen) atoms. The van der Waals surface area contributed by atoms with Crippen LogP contribution in [0.4, 0.5) is 0 Å². The largest absolute Gasteiger partial charge is 0.351 e. The van der Waals surface area contributed by atoms with Gasteiger partial charge < -0.3 is 4.98 Å². The van der Waals surface area contributed by atoms with Crippen molar-refractivity contribution in [2.75, 3.05) is 0 Å². The molecular weight excluding hydrogens is 142 g/mol. The Morgan fingerprint density at radius 2 is 1.45 bits per heavy atom. The number of aromatic nitrogens is 5. The van der Waals surface area contributed by atoms with Crippen LogP contribution in [0.25, 0.3) is 0 Å². The number of hydrogen-bond donors (Lipinski definition) is 1. The number of H-pyrrole nitrogens is 1. The number of imidazole rings is 1. The first kappa shape index (κ1) is 7.33. The maximum absolute atomic E-state index is 3.67. The molecule has 0 aromatic carbocycles. The highest BCUT2D eigenvalue weighted by atomic mass is 14.9. The molecule has 5 heteroatoms. The molecule has 5 nitrogen and oxygen atoms in total. The van der Waals surface area contributed by atoms with Gasteiger partial charge in [0, 0.05) is 12.4 Å². The maximum atomic E-state index is 3.67. The molecule has 0 saturated heterocycles. The quantitative estimate of drug-likeness (QED) is 0.584. The Labute approximate surface area is 63.6 Å². The van der Waals surface area contributed by atoms with Gasteiger partial charge in [-0.05, 0) is 0 Å². The number of nitrogens with one attached hydrogen (secondary N) is 1. The average molecular weight is 149 g/mol. The smallest absolute Gasteiger partial charge is 0.119 e. The van der Waals surface area contributed by atoms with Crippen molar-refractivity contribution in [2.24, 2.45) is 0 Å². The molecule has 0 unspecified atom stereocenters. The summed E-state index contributed by atoms with van der Waals surface area (Å²) < 4.78 is 0. The molecule has 1 N–H and O–H groups in total. The monoisotopic (exact) mass is 149 g/mol. The number of aromatic amines is 1. The van der Waals surface area contributed by atoms with Crippen LogP contribution in [0.2, 0.25) is 0 Å². The first-order valence-corrected chi connectivity index (χ1v) is 2.98. The van der Waals surface area contributed by atoms with Crippen LogP contribution in [-0.4, -0.2) is 24.9 Å². The van der Waals surface area contributed by atoms with Gasteiger partial charge in [-0.3, -0.25) is 0 Å². The molecule has 0 amide bonds. The third kappa shape index (κ3) is 3.74. The summed E-state index contributed by atoms with van der Waals surface area (Å²) in [7, 11) is 0. The lowest BCUT2D eigenvalue weighted by atomic mass is 11.0. The lowest BCUT2D eigenvalue weighted by molar-refractivity contribution is 1.05. The Bertz CT molecular complexity index is 197. The van der Waals surface area contributed by atoms with Gasteiger partial charge in [0.1, 0.15) is 19.0 Å². The lowest BCUT2D eigenvalue weighted by Crippen LogP contribution is -1.73. The summed E-state index contributed by atoms with van der Waals surface area (Å²) in [5.41, 5.74) is 0. The van der Waals surface area contributed by atoms with Crippen molar-refractivity contribution in [2.45, 2.75) is 0 Å². The van der Waals surface area contributed by atoms with Gasteiger partial charge in [0.2, 0.25) is 0 Å². The third-order valence-corrected chi connectivity index (χ3v) is 0.806. The van der Waals surface area contributed by atoms with E-state index in [0.29, 0.717) is 0 Å². The van der Waals surface area contributed by atoms with Crippen LogP contribution in [0.3, 0.4) is 0 Å². The molecular formula is C6H7N5. The van der Waals surface area contributed by atoms with Crippen molar-refractivity contribution in [3.63, 3.8) is 0 Å².